The van der Waals surface area contributed by atoms with Gasteiger partial charge in [0.15, 0.2) is 0 Å². The zero-order chi connectivity index (χ0) is 15.7. The molecule has 126 valence electrons. The number of unbranched alkanes of at least 4 members (excludes halogenated alkanes) is 1. The minimum absolute atomic E-state index is 0.191. The molecule has 1 spiro atoms. The lowest BCUT2D eigenvalue weighted by atomic mass is 9.59. The number of aliphatic hydroxyl groups excluding tert-OH is 1. The van der Waals surface area contributed by atoms with Crippen LogP contribution >= 0.6 is 0 Å². The van der Waals surface area contributed by atoms with Crippen molar-refractivity contribution in [2.24, 2.45) is 5.41 Å². The summed E-state index contributed by atoms with van der Waals surface area (Å²) in [6.07, 6.45) is 7.46. The molecule has 1 saturated heterocycles. The Morgan fingerprint density at radius 1 is 1.27 bits per heavy atom. The first-order valence-electron chi connectivity index (χ1n) is 8.70. The smallest absolute Gasteiger partial charge is 0.222 e. The van der Waals surface area contributed by atoms with Gasteiger partial charge in [0.1, 0.15) is 0 Å². The van der Waals surface area contributed by atoms with E-state index in [1.807, 2.05) is 4.90 Å². The van der Waals surface area contributed by atoms with Gasteiger partial charge in [-0.25, -0.2) is 0 Å². The molecule has 0 aromatic carbocycles. The third-order valence-corrected chi connectivity index (χ3v) is 6.10. The van der Waals surface area contributed by atoms with Gasteiger partial charge in [0, 0.05) is 50.7 Å². The standard InChI is InChI=1S/C17H30N2O3/c1-18(13-7-15(8-13)22-2)14-9-17(10-14)11-19(12-17)16(21)5-3-4-6-20/h13-15,20H,3-12H2,1-2H3. The molecular weight excluding hydrogens is 280 g/mol. The zero-order valence-corrected chi connectivity index (χ0v) is 14.0. The monoisotopic (exact) mass is 310 g/mol. The summed E-state index contributed by atoms with van der Waals surface area (Å²) < 4.78 is 5.37. The Kier molecular flexibility index (Phi) is 4.76. The van der Waals surface area contributed by atoms with Crippen LogP contribution in [0, 0.1) is 5.41 Å². The number of ether oxygens (including phenoxy) is 1. The van der Waals surface area contributed by atoms with Crippen molar-refractivity contribution >= 4 is 5.91 Å². The van der Waals surface area contributed by atoms with Crippen LogP contribution in [0.1, 0.15) is 44.9 Å². The zero-order valence-electron chi connectivity index (χ0n) is 14.0. The molecule has 1 heterocycles. The van der Waals surface area contributed by atoms with Crippen LogP contribution in [0.3, 0.4) is 0 Å². The number of rotatable bonds is 7. The van der Waals surface area contributed by atoms with E-state index in [1.54, 1.807) is 7.11 Å². The highest BCUT2D eigenvalue weighted by molar-refractivity contribution is 5.77. The van der Waals surface area contributed by atoms with Crippen LogP contribution in [0.25, 0.3) is 0 Å². The summed E-state index contributed by atoms with van der Waals surface area (Å²) in [6.45, 7) is 2.11. The SMILES string of the molecule is COC1CC(N(C)C2CC3(C2)CN(C(=O)CCCCO)C3)C1. The third-order valence-electron chi connectivity index (χ3n) is 6.10. The van der Waals surface area contributed by atoms with Crippen molar-refractivity contribution in [1.82, 2.24) is 9.80 Å². The molecule has 2 saturated carbocycles. The molecule has 0 radical (unpaired) electrons. The molecule has 0 unspecified atom stereocenters. The Morgan fingerprint density at radius 3 is 2.55 bits per heavy atom. The van der Waals surface area contributed by atoms with Gasteiger partial charge in [-0.2, -0.15) is 0 Å². The summed E-state index contributed by atoms with van der Waals surface area (Å²) in [6, 6.07) is 1.40. The highest BCUT2D eigenvalue weighted by Crippen LogP contribution is 2.51. The fourth-order valence-electron chi connectivity index (χ4n) is 4.33. The van der Waals surface area contributed by atoms with E-state index < -0.39 is 0 Å². The van der Waals surface area contributed by atoms with Crippen LogP contribution in [0.15, 0.2) is 0 Å². The molecule has 22 heavy (non-hydrogen) atoms. The Hall–Kier alpha value is -0.650. The van der Waals surface area contributed by atoms with Crippen LogP contribution in [-0.2, 0) is 9.53 Å². The lowest BCUT2D eigenvalue weighted by Crippen LogP contribution is -2.68. The lowest BCUT2D eigenvalue weighted by molar-refractivity contribution is -0.161. The van der Waals surface area contributed by atoms with Crippen molar-refractivity contribution in [3.63, 3.8) is 0 Å². The highest BCUT2D eigenvalue weighted by atomic mass is 16.5. The average Bonchev–Trinajstić information content (AvgIpc) is 2.34. The van der Waals surface area contributed by atoms with Gasteiger partial charge in [-0.15, -0.1) is 0 Å². The second-order valence-electron chi connectivity index (χ2n) is 7.64. The largest absolute Gasteiger partial charge is 0.396 e. The van der Waals surface area contributed by atoms with Crippen LogP contribution in [0.2, 0.25) is 0 Å². The van der Waals surface area contributed by atoms with E-state index in [4.69, 9.17) is 9.84 Å². The van der Waals surface area contributed by atoms with Crippen molar-refractivity contribution in [1.29, 1.82) is 0 Å². The van der Waals surface area contributed by atoms with Gasteiger partial charge in [-0.1, -0.05) is 0 Å². The second kappa shape index (κ2) is 6.46. The first-order valence-corrected chi connectivity index (χ1v) is 8.70. The van der Waals surface area contributed by atoms with Crippen molar-refractivity contribution in [3.8, 4) is 0 Å². The van der Waals surface area contributed by atoms with E-state index >= 15 is 0 Å². The van der Waals surface area contributed by atoms with Gasteiger partial charge in [0.25, 0.3) is 0 Å². The van der Waals surface area contributed by atoms with Crippen molar-refractivity contribution in [3.05, 3.63) is 0 Å². The van der Waals surface area contributed by atoms with Crippen molar-refractivity contribution < 1.29 is 14.6 Å². The van der Waals surface area contributed by atoms with Gasteiger partial charge in [-0.05, 0) is 45.6 Å². The summed E-state index contributed by atoms with van der Waals surface area (Å²) in [4.78, 5) is 16.6. The summed E-state index contributed by atoms with van der Waals surface area (Å²) in [5.74, 6) is 0.276. The number of carbonyl (C=O) groups excluding carboxylic acids is 1. The lowest BCUT2D eigenvalue weighted by Gasteiger charge is -2.62. The van der Waals surface area contributed by atoms with E-state index in [0.717, 1.165) is 25.9 Å². The molecule has 5 heteroatoms. The maximum atomic E-state index is 12.0. The molecule has 0 atom stereocenters. The first-order chi connectivity index (χ1) is 10.6. The summed E-state index contributed by atoms with van der Waals surface area (Å²) in [7, 11) is 4.06. The molecule has 1 aliphatic heterocycles. The molecule has 5 nitrogen and oxygen atoms in total. The molecule has 0 bridgehead atoms. The molecular formula is C17H30N2O3. The molecule has 3 aliphatic rings. The quantitative estimate of drug-likeness (QED) is 0.719. The van der Waals surface area contributed by atoms with E-state index in [2.05, 4.69) is 11.9 Å². The summed E-state index contributed by atoms with van der Waals surface area (Å²) in [5.41, 5.74) is 0.427. The number of hydrogen-bond acceptors (Lipinski definition) is 4. The predicted molar refractivity (Wildman–Crippen MR) is 84.6 cm³/mol. The van der Waals surface area contributed by atoms with E-state index in [9.17, 15) is 4.79 Å². The molecule has 3 fully saturated rings. The average molecular weight is 310 g/mol. The van der Waals surface area contributed by atoms with E-state index in [0.29, 0.717) is 30.0 Å². The number of carbonyl (C=O) groups is 1. The van der Waals surface area contributed by atoms with Gasteiger partial charge >= 0.3 is 0 Å². The normalized spacial score (nSPS) is 30.1. The topological polar surface area (TPSA) is 53.0 Å². The molecule has 1 amide bonds. The van der Waals surface area contributed by atoms with Crippen LogP contribution in [0.4, 0.5) is 0 Å². The molecule has 1 N–H and O–H groups in total. The maximum absolute atomic E-state index is 12.0. The van der Waals surface area contributed by atoms with Gasteiger partial charge < -0.3 is 19.6 Å². The number of nitrogens with zero attached hydrogens (tertiary/aromatic N) is 2. The van der Waals surface area contributed by atoms with Crippen molar-refractivity contribution in [2.45, 2.75) is 63.1 Å². The highest BCUT2D eigenvalue weighted by Gasteiger charge is 2.55. The molecule has 2 aliphatic carbocycles. The number of likely N-dealkylation sites (tertiary alicyclic amines) is 1. The summed E-state index contributed by atoms with van der Waals surface area (Å²) in [5, 5.41) is 8.77. The Balaban J connectivity index is 1.34. The number of amides is 1. The summed E-state index contributed by atoms with van der Waals surface area (Å²) >= 11 is 0. The van der Waals surface area contributed by atoms with E-state index in [1.165, 1.54) is 25.7 Å². The van der Waals surface area contributed by atoms with Crippen LogP contribution in [0.5, 0.6) is 0 Å². The molecule has 3 rings (SSSR count). The van der Waals surface area contributed by atoms with Crippen LogP contribution in [-0.4, -0.2) is 72.9 Å². The minimum atomic E-state index is 0.191. The maximum Gasteiger partial charge on any atom is 0.222 e. The molecule has 0 aromatic heterocycles. The fraction of sp³-hybridized carbons (Fsp3) is 0.941. The number of methoxy groups -OCH3 is 1. The second-order valence-corrected chi connectivity index (χ2v) is 7.64. The van der Waals surface area contributed by atoms with E-state index in [-0.39, 0.29) is 12.5 Å². The van der Waals surface area contributed by atoms with Gasteiger partial charge in [-0.3, -0.25) is 4.79 Å². The van der Waals surface area contributed by atoms with Gasteiger partial charge in [0.05, 0.1) is 6.10 Å². The Morgan fingerprint density at radius 2 is 1.95 bits per heavy atom. The first kappa shape index (κ1) is 16.2. The molecule has 0 aromatic rings. The van der Waals surface area contributed by atoms with Crippen LogP contribution < -0.4 is 0 Å². The fourth-order valence-corrected chi connectivity index (χ4v) is 4.33. The Bertz CT molecular complexity index is 395. The number of aliphatic hydroxyl groups is 1. The van der Waals surface area contributed by atoms with Gasteiger partial charge in [0.2, 0.25) is 5.91 Å². The van der Waals surface area contributed by atoms with Crippen molar-refractivity contribution in [2.75, 3.05) is 33.9 Å². The third kappa shape index (κ3) is 3.03. The number of hydrogen-bond donors (Lipinski definition) is 1. The predicted octanol–water partition coefficient (Wildman–Crippen LogP) is 1.25. The minimum Gasteiger partial charge on any atom is -0.396 e. The Labute approximate surface area is 133 Å².